The van der Waals surface area contributed by atoms with Gasteiger partial charge < -0.3 is 9.15 Å². The average Bonchev–Trinajstić information content (AvgIpc) is 3.36. The predicted molar refractivity (Wildman–Crippen MR) is 112 cm³/mol. The third kappa shape index (κ3) is 4.60. The second-order valence-corrected chi connectivity index (χ2v) is 7.15. The zero-order chi connectivity index (χ0) is 21.8. The molecule has 1 atom stereocenters. The number of halogens is 1. The number of nitrogens with one attached hydrogen (secondary N) is 2. The first-order valence-corrected chi connectivity index (χ1v) is 9.84. The van der Waals surface area contributed by atoms with Crippen LogP contribution < -0.4 is 20.5 Å². The van der Waals surface area contributed by atoms with Gasteiger partial charge in [-0.1, -0.05) is 41.9 Å². The van der Waals surface area contributed by atoms with Crippen LogP contribution in [0.25, 0.3) is 0 Å². The molecular formula is C22H18ClN3O5. The zero-order valence-corrected chi connectivity index (χ0v) is 17.0. The lowest BCUT2D eigenvalue weighted by molar-refractivity contribution is -0.121. The summed E-state index contributed by atoms with van der Waals surface area (Å²) in [6.45, 7) is 0.0894. The fourth-order valence-corrected chi connectivity index (χ4v) is 3.29. The van der Waals surface area contributed by atoms with Crippen molar-refractivity contribution in [3.05, 3.63) is 83.3 Å². The standard InChI is InChI=1S/C22H18ClN3O5/c23-16-8-4-5-9-18(16)30-13-15-10-11-19(31-15)21(28)25-24-17-12-20(27)26(22(17)29)14-6-2-1-3-7-14/h1-11,17,24H,12-13H2,(H,25,28)/t17-/m0/s1. The molecule has 2 N–H and O–H groups in total. The van der Waals surface area contributed by atoms with E-state index in [2.05, 4.69) is 10.9 Å². The molecule has 158 valence electrons. The SMILES string of the molecule is O=C(NN[C@H]1CC(=O)N(c2ccccc2)C1=O)c1ccc(COc2ccccc2Cl)o1. The second kappa shape index (κ2) is 9.03. The van der Waals surface area contributed by atoms with Crippen molar-refractivity contribution in [2.24, 2.45) is 0 Å². The maximum Gasteiger partial charge on any atom is 0.301 e. The van der Waals surface area contributed by atoms with E-state index in [4.69, 9.17) is 20.8 Å². The molecule has 1 aromatic heterocycles. The van der Waals surface area contributed by atoms with Crippen LogP contribution in [0.3, 0.4) is 0 Å². The van der Waals surface area contributed by atoms with E-state index in [1.165, 1.54) is 6.07 Å². The Kier molecular flexibility index (Phi) is 6.01. The first-order valence-electron chi connectivity index (χ1n) is 9.46. The van der Waals surface area contributed by atoms with Crippen molar-refractivity contribution in [3.8, 4) is 5.75 Å². The molecule has 8 nitrogen and oxygen atoms in total. The Labute approximate surface area is 182 Å². The summed E-state index contributed by atoms with van der Waals surface area (Å²) in [7, 11) is 0. The molecule has 0 bridgehead atoms. The fourth-order valence-electron chi connectivity index (χ4n) is 3.10. The quantitative estimate of drug-likeness (QED) is 0.433. The van der Waals surface area contributed by atoms with Gasteiger partial charge in [0, 0.05) is 0 Å². The van der Waals surface area contributed by atoms with Crippen molar-refractivity contribution in [1.29, 1.82) is 0 Å². The molecule has 2 heterocycles. The van der Waals surface area contributed by atoms with Crippen LogP contribution in [0.5, 0.6) is 5.75 Å². The van der Waals surface area contributed by atoms with E-state index in [1.54, 1.807) is 60.7 Å². The van der Waals surface area contributed by atoms with Crippen molar-refractivity contribution in [2.75, 3.05) is 4.90 Å². The summed E-state index contributed by atoms with van der Waals surface area (Å²) >= 11 is 6.04. The van der Waals surface area contributed by atoms with E-state index in [-0.39, 0.29) is 24.7 Å². The number of benzene rings is 2. The number of carbonyl (C=O) groups excluding carboxylic acids is 3. The van der Waals surface area contributed by atoms with Gasteiger partial charge in [-0.25, -0.2) is 10.3 Å². The van der Waals surface area contributed by atoms with E-state index < -0.39 is 17.9 Å². The molecule has 0 radical (unpaired) electrons. The average molecular weight is 440 g/mol. The summed E-state index contributed by atoms with van der Waals surface area (Å²) in [5, 5.41) is 0.469. The Balaban J connectivity index is 1.32. The summed E-state index contributed by atoms with van der Waals surface area (Å²) in [4.78, 5) is 38.2. The number of hydrazine groups is 1. The van der Waals surface area contributed by atoms with E-state index in [1.807, 2.05) is 0 Å². The number of carbonyl (C=O) groups is 3. The minimum Gasteiger partial charge on any atom is -0.484 e. The van der Waals surface area contributed by atoms with Gasteiger partial charge >= 0.3 is 5.91 Å². The number of anilines is 1. The van der Waals surface area contributed by atoms with Crippen LogP contribution in [0, 0.1) is 0 Å². The lowest BCUT2D eigenvalue weighted by Crippen LogP contribution is -2.48. The smallest absolute Gasteiger partial charge is 0.301 e. The molecule has 0 unspecified atom stereocenters. The molecule has 1 aliphatic rings. The Bertz CT molecular complexity index is 1120. The molecule has 1 saturated heterocycles. The van der Waals surface area contributed by atoms with E-state index in [9.17, 15) is 14.4 Å². The summed E-state index contributed by atoms with van der Waals surface area (Å²) in [6, 6.07) is 17.9. The van der Waals surface area contributed by atoms with Crippen LogP contribution in [-0.2, 0) is 16.2 Å². The van der Waals surface area contributed by atoms with Crippen LogP contribution in [0.2, 0.25) is 5.02 Å². The van der Waals surface area contributed by atoms with Gasteiger partial charge in [0.05, 0.1) is 17.1 Å². The highest BCUT2D eigenvalue weighted by atomic mass is 35.5. The van der Waals surface area contributed by atoms with Crippen molar-refractivity contribution < 1.29 is 23.5 Å². The zero-order valence-electron chi connectivity index (χ0n) is 16.2. The summed E-state index contributed by atoms with van der Waals surface area (Å²) < 4.78 is 11.1. The minimum absolute atomic E-state index is 0.0296. The van der Waals surface area contributed by atoms with Crippen LogP contribution >= 0.6 is 11.6 Å². The lowest BCUT2D eigenvalue weighted by Gasteiger charge is -2.15. The number of hydrogen-bond acceptors (Lipinski definition) is 6. The Morgan fingerprint density at radius 2 is 1.81 bits per heavy atom. The highest BCUT2D eigenvalue weighted by Crippen LogP contribution is 2.24. The van der Waals surface area contributed by atoms with Gasteiger partial charge in [-0.05, 0) is 36.4 Å². The fraction of sp³-hybridized carbons (Fsp3) is 0.136. The summed E-state index contributed by atoms with van der Waals surface area (Å²) in [5.41, 5.74) is 5.52. The highest BCUT2D eigenvalue weighted by molar-refractivity contribution is 6.32. The van der Waals surface area contributed by atoms with Gasteiger partial charge in [-0.15, -0.1) is 0 Å². The number of furan rings is 1. The molecule has 3 aromatic rings. The molecule has 0 aliphatic carbocycles. The Morgan fingerprint density at radius 1 is 1.06 bits per heavy atom. The van der Waals surface area contributed by atoms with E-state index in [0.29, 0.717) is 22.2 Å². The second-order valence-electron chi connectivity index (χ2n) is 6.74. The maximum atomic E-state index is 12.6. The number of amides is 3. The molecule has 4 rings (SSSR count). The van der Waals surface area contributed by atoms with E-state index in [0.717, 1.165) is 4.90 Å². The van der Waals surface area contributed by atoms with Crippen LogP contribution in [0.15, 0.2) is 71.1 Å². The topological polar surface area (TPSA) is 101 Å². The number of ether oxygens (including phenoxy) is 1. The first kappa shape index (κ1) is 20.6. The predicted octanol–water partition coefficient (Wildman–Crippen LogP) is 3.08. The van der Waals surface area contributed by atoms with Gasteiger partial charge in [0.1, 0.15) is 24.2 Å². The molecule has 2 aromatic carbocycles. The number of nitrogens with zero attached hydrogens (tertiary/aromatic N) is 1. The molecule has 3 amide bonds. The Morgan fingerprint density at radius 3 is 2.58 bits per heavy atom. The normalized spacial score (nSPS) is 15.9. The summed E-state index contributed by atoms with van der Waals surface area (Å²) in [6.07, 6.45) is -0.0664. The molecular weight excluding hydrogens is 422 g/mol. The van der Waals surface area contributed by atoms with Gasteiger partial charge in [0.25, 0.3) is 5.91 Å². The van der Waals surface area contributed by atoms with Crippen LogP contribution in [0.4, 0.5) is 5.69 Å². The van der Waals surface area contributed by atoms with Crippen LogP contribution in [0.1, 0.15) is 22.7 Å². The van der Waals surface area contributed by atoms with Crippen LogP contribution in [-0.4, -0.2) is 23.8 Å². The molecule has 0 saturated carbocycles. The number of rotatable bonds is 7. The largest absolute Gasteiger partial charge is 0.484 e. The van der Waals surface area contributed by atoms with Gasteiger partial charge in [-0.3, -0.25) is 19.8 Å². The first-order chi connectivity index (χ1) is 15.0. The van der Waals surface area contributed by atoms with Crippen molar-refractivity contribution in [1.82, 2.24) is 10.9 Å². The van der Waals surface area contributed by atoms with Crippen molar-refractivity contribution in [3.63, 3.8) is 0 Å². The number of imide groups is 1. The third-order valence-corrected chi connectivity index (χ3v) is 4.93. The monoisotopic (exact) mass is 439 g/mol. The molecule has 1 aliphatic heterocycles. The maximum absolute atomic E-state index is 12.6. The molecule has 1 fully saturated rings. The van der Waals surface area contributed by atoms with E-state index >= 15 is 0 Å². The minimum atomic E-state index is -0.866. The van der Waals surface area contributed by atoms with Gasteiger partial charge in [0.15, 0.2) is 5.76 Å². The van der Waals surface area contributed by atoms with Crippen molar-refractivity contribution >= 4 is 35.0 Å². The van der Waals surface area contributed by atoms with Gasteiger partial charge in [0.2, 0.25) is 5.91 Å². The molecule has 31 heavy (non-hydrogen) atoms. The highest BCUT2D eigenvalue weighted by Gasteiger charge is 2.39. The molecule has 0 spiro atoms. The lowest BCUT2D eigenvalue weighted by atomic mass is 10.2. The Hall–Kier alpha value is -3.62. The molecule has 9 heteroatoms. The van der Waals surface area contributed by atoms with Crippen molar-refractivity contribution in [2.45, 2.75) is 19.1 Å². The number of para-hydroxylation sites is 2. The number of hydrogen-bond donors (Lipinski definition) is 2. The van der Waals surface area contributed by atoms with Gasteiger partial charge in [-0.2, -0.15) is 0 Å². The summed E-state index contributed by atoms with van der Waals surface area (Å²) in [5.74, 6) is -0.415. The third-order valence-electron chi connectivity index (χ3n) is 4.61.